The Bertz CT molecular complexity index is 829. The number of nitrogens with one attached hydrogen (secondary N) is 2. The maximum absolute atomic E-state index is 12.2. The van der Waals surface area contributed by atoms with Gasteiger partial charge in [-0.3, -0.25) is 4.99 Å². The zero-order valence-electron chi connectivity index (χ0n) is 16.5. The Hall–Kier alpha value is -2.17. The van der Waals surface area contributed by atoms with Crippen LogP contribution in [0.15, 0.2) is 53.5 Å². The van der Waals surface area contributed by atoms with Crippen molar-refractivity contribution in [3.8, 4) is 11.5 Å². The van der Waals surface area contributed by atoms with E-state index >= 15 is 0 Å². The molecule has 0 saturated heterocycles. The van der Waals surface area contributed by atoms with Gasteiger partial charge in [-0.1, -0.05) is 30.3 Å². The fraction of sp³-hybridized carbons (Fsp3) is 0.381. The SMILES string of the molecule is CN=C(NCc1ccc(OCC(F)(F)F)cc1)NCC1CCOc2ccccc21.I. The third-order valence-electron chi connectivity index (χ3n) is 4.61. The Kier molecular flexibility index (Phi) is 9.07. The third-order valence-corrected chi connectivity index (χ3v) is 4.61. The number of hydrogen-bond donors (Lipinski definition) is 2. The van der Waals surface area contributed by atoms with Crippen LogP contribution in [-0.2, 0) is 6.54 Å². The monoisotopic (exact) mass is 535 g/mol. The van der Waals surface area contributed by atoms with Crippen molar-refractivity contribution in [2.24, 2.45) is 4.99 Å². The minimum Gasteiger partial charge on any atom is -0.493 e. The lowest BCUT2D eigenvalue weighted by molar-refractivity contribution is -0.153. The van der Waals surface area contributed by atoms with Gasteiger partial charge in [-0.2, -0.15) is 13.2 Å². The quantitative estimate of drug-likeness (QED) is 0.326. The molecule has 1 unspecified atom stereocenters. The predicted molar refractivity (Wildman–Crippen MR) is 121 cm³/mol. The van der Waals surface area contributed by atoms with E-state index in [1.54, 1.807) is 19.2 Å². The van der Waals surface area contributed by atoms with Gasteiger partial charge < -0.3 is 20.1 Å². The van der Waals surface area contributed by atoms with Crippen LogP contribution in [0.2, 0.25) is 0 Å². The lowest BCUT2D eigenvalue weighted by atomic mass is 9.93. The van der Waals surface area contributed by atoms with Crippen LogP contribution in [0.5, 0.6) is 11.5 Å². The van der Waals surface area contributed by atoms with Crippen LogP contribution < -0.4 is 20.1 Å². The first-order chi connectivity index (χ1) is 13.9. The first kappa shape index (κ1) is 24.1. The van der Waals surface area contributed by atoms with Crippen LogP contribution in [0.3, 0.4) is 0 Å². The van der Waals surface area contributed by atoms with Gasteiger partial charge in [0.15, 0.2) is 12.6 Å². The summed E-state index contributed by atoms with van der Waals surface area (Å²) >= 11 is 0. The van der Waals surface area contributed by atoms with Crippen LogP contribution >= 0.6 is 24.0 Å². The minimum atomic E-state index is -4.34. The summed E-state index contributed by atoms with van der Waals surface area (Å²) in [5.74, 6) is 2.11. The highest BCUT2D eigenvalue weighted by atomic mass is 127. The summed E-state index contributed by atoms with van der Waals surface area (Å²) in [6.45, 7) is 0.614. The van der Waals surface area contributed by atoms with E-state index in [0.717, 1.165) is 24.3 Å². The number of halogens is 4. The van der Waals surface area contributed by atoms with Crippen molar-refractivity contribution in [3.63, 3.8) is 0 Å². The number of guanidine groups is 1. The fourth-order valence-corrected chi connectivity index (χ4v) is 3.12. The van der Waals surface area contributed by atoms with Crippen molar-refractivity contribution in [1.82, 2.24) is 10.6 Å². The minimum absolute atomic E-state index is 0. The predicted octanol–water partition coefficient (Wildman–Crippen LogP) is 4.48. The maximum atomic E-state index is 12.2. The summed E-state index contributed by atoms with van der Waals surface area (Å²) in [6, 6.07) is 14.5. The molecule has 1 heterocycles. The molecule has 1 atom stereocenters. The van der Waals surface area contributed by atoms with Crippen molar-refractivity contribution in [2.75, 3.05) is 26.8 Å². The van der Waals surface area contributed by atoms with E-state index in [4.69, 9.17) is 9.47 Å². The smallest absolute Gasteiger partial charge is 0.422 e. The van der Waals surface area contributed by atoms with Gasteiger partial charge in [0, 0.05) is 26.1 Å². The van der Waals surface area contributed by atoms with Crippen LogP contribution in [0.1, 0.15) is 23.5 Å². The molecule has 2 aromatic rings. The molecular formula is C21H25F3IN3O2. The second kappa shape index (κ2) is 11.3. The molecule has 1 aliphatic heterocycles. The molecule has 0 aromatic heterocycles. The number of hydrogen-bond acceptors (Lipinski definition) is 3. The van der Waals surface area contributed by atoms with Gasteiger partial charge in [-0.15, -0.1) is 24.0 Å². The Labute approximate surface area is 191 Å². The summed E-state index contributed by atoms with van der Waals surface area (Å²) in [5.41, 5.74) is 2.10. The topological polar surface area (TPSA) is 54.9 Å². The number of alkyl halides is 3. The van der Waals surface area contributed by atoms with Gasteiger partial charge in [0.2, 0.25) is 0 Å². The average molecular weight is 535 g/mol. The van der Waals surface area contributed by atoms with Crippen molar-refractivity contribution in [3.05, 3.63) is 59.7 Å². The van der Waals surface area contributed by atoms with Crippen LogP contribution in [0, 0.1) is 0 Å². The molecular weight excluding hydrogens is 510 g/mol. The van der Waals surface area contributed by atoms with E-state index in [2.05, 4.69) is 21.7 Å². The summed E-state index contributed by atoms with van der Waals surface area (Å²) in [7, 11) is 1.70. The molecule has 5 nitrogen and oxygen atoms in total. The average Bonchev–Trinajstić information content (AvgIpc) is 2.72. The molecule has 3 rings (SSSR count). The maximum Gasteiger partial charge on any atom is 0.422 e. The molecule has 9 heteroatoms. The lowest BCUT2D eigenvalue weighted by Gasteiger charge is -2.26. The Morgan fingerprint density at radius 3 is 2.57 bits per heavy atom. The molecule has 2 N–H and O–H groups in total. The van der Waals surface area contributed by atoms with Crippen LogP contribution in [-0.4, -0.2) is 38.9 Å². The van der Waals surface area contributed by atoms with Gasteiger partial charge >= 0.3 is 6.18 Å². The van der Waals surface area contributed by atoms with E-state index < -0.39 is 12.8 Å². The van der Waals surface area contributed by atoms with Crippen molar-refractivity contribution >= 4 is 29.9 Å². The molecule has 0 spiro atoms. The first-order valence-electron chi connectivity index (χ1n) is 9.39. The number of aliphatic imine (C=N–C) groups is 1. The first-order valence-corrected chi connectivity index (χ1v) is 9.39. The molecule has 0 bridgehead atoms. The van der Waals surface area contributed by atoms with Gasteiger partial charge in [0.25, 0.3) is 0 Å². The van der Waals surface area contributed by atoms with E-state index in [-0.39, 0.29) is 29.7 Å². The lowest BCUT2D eigenvalue weighted by Crippen LogP contribution is -2.39. The standard InChI is InChI=1S/C21H24F3N3O2.HI/c1-25-20(27-13-16-10-11-28-19-5-3-2-4-18(16)19)26-12-15-6-8-17(9-7-15)29-14-21(22,23)24;/h2-9,16H,10-14H2,1H3,(H2,25,26,27);1H. The molecule has 0 aliphatic carbocycles. The largest absolute Gasteiger partial charge is 0.493 e. The highest BCUT2D eigenvalue weighted by Gasteiger charge is 2.28. The molecule has 0 amide bonds. The molecule has 0 saturated carbocycles. The van der Waals surface area contributed by atoms with Gasteiger partial charge in [-0.25, -0.2) is 0 Å². The summed E-state index contributed by atoms with van der Waals surface area (Å²) < 4.78 is 47.0. The van der Waals surface area contributed by atoms with Crippen LogP contribution in [0.25, 0.3) is 0 Å². The summed E-state index contributed by atoms with van der Waals surface area (Å²) in [5, 5.41) is 6.54. The zero-order valence-corrected chi connectivity index (χ0v) is 18.9. The number of benzene rings is 2. The normalized spacial score (nSPS) is 16.0. The number of ether oxygens (including phenoxy) is 2. The second-order valence-electron chi connectivity index (χ2n) is 6.73. The van der Waals surface area contributed by atoms with Crippen molar-refractivity contribution in [1.29, 1.82) is 0 Å². The second-order valence-corrected chi connectivity index (χ2v) is 6.73. The molecule has 164 valence electrons. The van der Waals surface area contributed by atoms with Crippen LogP contribution in [0.4, 0.5) is 13.2 Å². The van der Waals surface area contributed by atoms with E-state index in [0.29, 0.717) is 25.0 Å². The van der Waals surface area contributed by atoms with Gasteiger partial charge in [0.1, 0.15) is 11.5 Å². The number of rotatable bonds is 6. The Morgan fingerprint density at radius 1 is 1.13 bits per heavy atom. The number of nitrogens with zero attached hydrogens (tertiary/aromatic N) is 1. The molecule has 30 heavy (non-hydrogen) atoms. The molecule has 0 radical (unpaired) electrons. The highest BCUT2D eigenvalue weighted by molar-refractivity contribution is 14.0. The van der Waals surface area contributed by atoms with Gasteiger partial charge in [0.05, 0.1) is 6.61 Å². The van der Waals surface area contributed by atoms with Crippen molar-refractivity contribution in [2.45, 2.75) is 25.1 Å². The summed E-state index contributed by atoms with van der Waals surface area (Å²) in [4.78, 5) is 4.23. The fourth-order valence-electron chi connectivity index (χ4n) is 3.12. The number of fused-ring (bicyclic) bond motifs is 1. The molecule has 0 fully saturated rings. The Balaban J connectivity index is 0.00000320. The van der Waals surface area contributed by atoms with E-state index in [1.807, 2.05) is 18.2 Å². The number of para-hydroxylation sites is 1. The molecule has 1 aliphatic rings. The third kappa shape index (κ3) is 7.26. The van der Waals surface area contributed by atoms with E-state index in [1.165, 1.54) is 17.7 Å². The molecule has 2 aromatic carbocycles. The van der Waals surface area contributed by atoms with Crippen molar-refractivity contribution < 1.29 is 22.6 Å². The van der Waals surface area contributed by atoms with Gasteiger partial charge in [-0.05, 0) is 35.7 Å². The highest BCUT2D eigenvalue weighted by Crippen LogP contribution is 2.32. The van der Waals surface area contributed by atoms with E-state index in [9.17, 15) is 13.2 Å². The zero-order chi connectivity index (χ0) is 20.7. The summed E-state index contributed by atoms with van der Waals surface area (Å²) in [6.07, 6.45) is -3.41. The Morgan fingerprint density at radius 2 is 1.87 bits per heavy atom.